The summed E-state index contributed by atoms with van der Waals surface area (Å²) in [7, 11) is 0. The van der Waals surface area contributed by atoms with Crippen LogP contribution >= 0.6 is 11.3 Å². The van der Waals surface area contributed by atoms with Crippen LogP contribution in [-0.4, -0.2) is 19.8 Å². The Kier molecular flexibility index (Phi) is 6.61. The van der Waals surface area contributed by atoms with Gasteiger partial charge in [-0.05, 0) is 24.0 Å². The average Bonchev–Trinajstić information content (AvgIpc) is 2.76. The van der Waals surface area contributed by atoms with Crippen molar-refractivity contribution in [3.63, 3.8) is 0 Å². The second kappa shape index (κ2) is 7.72. The van der Waals surface area contributed by atoms with Crippen LogP contribution in [0.15, 0.2) is 24.8 Å². The highest BCUT2D eigenvalue weighted by molar-refractivity contribution is 7.12. The maximum atomic E-state index is 5.44. The molecule has 0 radical (unpaired) electrons. The minimum Gasteiger partial charge on any atom is -0.380 e. The molecule has 0 aromatic carbocycles. The molecule has 0 amide bonds. The predicted molar refractivity (Wildman–Crippen MR) is 80.4 cm³/mol. The van der Waals surface area contributed by atoms with Crippen molar-refractivity contribution in [2.45, 2.75) is 39.2 Å². The van der Waals surface area contributed by atoms with Gasteiger partial charge in [-0.1, -0.05) is 26.8 Å². The Bertz CT molecular complexity index is 352. The van der Waals surface area contributed by atoms with Gasteiger partial charge in [0.05, 0.1) is 13.2 Å². The van der Waals surface area contributed by atoms with E-state index in [-0.39, 0.29) is 5.41 Å². The highest BCUT2D eigenvalue weighted by atomic mass is 32.1. The van der Waals surface area contributed by atoms with E-state index in [1.807, 2.05) is 17.4 Å². The van der Waals surface area contributed by atoms with Crippen molar-refractivity contribution >= 4 is 11.3 Å². The van der Waals surface area contributed by atoms with Crippen LogP contribution in [0.5, 0.6) is 0 Å². The first-order chi connectivity index (χ1) is 8.54. The fourth-order valence-corrected chi connectivity index (χ4v) is 2.54. The molecule has 102 valence electrons. The van der Waals surface area contributed by atoms with Crippen LogP contribution < -0.4 is 5.32 Å². The smallest absolute Gasteiger partial charge is 0.0591 e. The normalized spacial score (nSPS) is 11.7. The van der Waals surface area contributed by atoms with E-state index < -0.39 is 0 Å². The molecule has 1 heterocycles. The zero-order valence-electron chi connectivity index (χ0n) is 11.8. The van der Waals surface area contributed by atoms with Gasteiger partial charge in [-0.3, -0.25) is 0 Å². The van der Waals surface area contributed by atoms with E-state index in [0.717, 1.165) is 32.7 Å². The Balaban J connectivity index is 2.16. The fraction of sp³-hybridized carbons (Fsp3) is 0.600. The second-order valence-electron chi connectivity index (χ2n) is 5.38. The predicted octanol–water partition coefficient (Wildman–Crippen LogP) is 3.73. The van der Waals surface area contributed by atoms with E-state index in [9.17, 15) is 0 Å². The third kappa shape index (κ3) is 5.80. The minimum atomic E-state index is 0.261. The van der Waals surface area contributed by atoms with Gasteiger partial charge in [0.25, 0.3) is 0 Å². The third-order valence-corrected chi connectivity index (χ3v) is 4.10. The molecule has 0 aliphatic carbocycles. The monoisotopic (exact) mass is 267 g/mol. The lowest BCUT2D eigenvalue weighted by molar-refractivity contribution is 0.140. The molecule has 0 aliphatic rings. The average molecular weight is 267 g/mol. The molecule has 0 spiro atoms. The Morgan fingerprint density at radius 3 is 2.72 bits per heavy atom. The van der Waals surface area contributed by atoms with Gasteiger partial charge < -0.3 is 10.1 Å². The lowest BCUT2D eigenvalue weighted by Gasteiger charge is -2.15. The van der Waals surface area contributed by atoms with Gasteiger partial charge in [-0.15, -0.1) is 17.9 Å². The zero-order valence-corrected chi connectivity index (χ0v) is 12.6. The first-order valence-electron chi connectivity index (χ1n) is 6.52. The second-order valence-corrected chi connectivity index (χ2v) is 6.55. The maximum absolute atomic E-state index is 5.44. The van der Waals surface area contributed by atoms with Gasteiger partial charge in [-0.25, -0.2) is 0 Å². The molecule has 0 fully saturated rings. The quantitative estimate of drug-likeness (QED) is 0.572. The van der Waals surface area contributed by atoms with E-state index in [1.54, 1.807) is 0 Å². The van der Waals surface area contributed by atoms with Crippen molar-refractivity contribution in [1.29, 1.82) is 0 Å². The van der Waals surface area contributed by atoms with Crippen LogP contribution in [0, 0.1) is 0 Å². The molecular formula is C15H25NOS. The summed E-state index contributed by atoms with van der Waals surface area (Å²) in [6, 6.07) is 4.46. The lowest BCUT2D eigenvalue weighted by atomic mass is 9.95. The van der Waals surface area contributed by atoms with Crippen LogP contribution in [0.1, 0.15) is 36.9 Å². The molecule has 0 unspecified atom stereocenters. The number of hydrogen-bond donors (Lipinski definition) is 1. The lowest BCUT2D eigenvalue weighted by Crippen LogP contribution is -2.18. The summed E-state index contributed by atoms with van der Waals surface area (Å²) in [6.07, 6.45) is 2.81. The van der Waals surface area contributed by atoms with Crippen molar-refractivity contribution in [3.05, 3.63) is 34.5 Å². The number of ether oxygens (including phenoxy) is 1. The Hall–Kier alpha value is -0.640. The van der Waals surface area contributed by atoms with Crippen LogP contribution in [0.25, 0.3) is 0 Å². The number of hydrogen-bond acceptors (Lipinski definition) is 3. The van der Waals surface area contributed by atoms with Gasteiger partial charge >= 0.3 is 0 Å². The van der Waals surface area contributed by atoms with Gasteiger partial charge in [0, 0.05) is 22.8 Å². The molecule has 1 aromatic rings. The van der Waals surface area contributed by atoms with E-state index in [1.165, 1.54) is 9.75 Å². The summed E-state index contributed by atoms with van der Waals surface area (Å²) in [6.45, 7) is 13.8. The van der Waals surface area contributed by atoms with Crippen molar-refractivity contribution in [3.8, 4) is 0 Å². The summed E-state index contributed by atoms with van der Waals surface area (Å²) >= 11 is 1.90. The highest BCUT2D eigenvalue weighted by Crippen LogP contribution is 2.29. The molecule has 0 atom stereocenters. The van der Waals surface area contributed by atoms with Gasteiger partial charge in [0.15, 0.2) is 0 Å². The highest BCUT2D eigenvalue weighted by Gasteiger charge is 2.15. The SMILES string of the molecule is C=CCCOCCNCc1ccc(C(C)(C)C)s1. The summed E-state index contributed by atoms with van der Waals surface area (Å²) in [4.78, 5) is 2.84. The largest absolute Gasteiger partial charge is 0.380 e. The summed E-state index contributed by atoms with van der Waals surface area (Å²) in [5.74, 6) is 0. The van der Waals surface area contributed by atoms with Crippen LogP contribution in [0.3, 0.4) is 0 Å². The van der Waals surface area contributed by atoms with E-state index in [4.69, 9.17) is 4.74 Å². The molecule has 18 heavy (non-hydrogen) atoms. The van der Waals surface area contributed by atoms with Crippen LogP contribution in [-0.2, 0) is 16.7 Å². The summed E-state index contributed by atoms with van der Waals surface area (Å²) < 4.78 is 5.44. The molecule has 0 saturated heterocycles. The summed E-state index contributed by atoms with van der Waals surface area (Å²) in [5.41, 5.74) is 0.261. The van der Waals surface area contributed by atoms with E-state index in [2.05, 4.69) is 44.8 Å². The molecule has 1 aromatic heterocycles. The molecule has 0 aliphatic heterocycles. The zero-order chi connectivity index (χ0) is 13.4. The third-order valence-electron chi connectivity index (χ3n) is 2.59. The number of rotatable bonds is 8. The molecule has 0 saturated carbocycles. The molecule has 2 nitrogen and oxygen atoms in total. The van der Waals surface area contributed by atoms with Crippen molar-refractivity contribution in [2.24, 2.45) is 0 Å². The molecular weight excluding hydrogens is 242 g/mol. The molecule has 1 N–H and O–H groups in total. The minimum absolute atomic E-state index is 0.261. The van der Waals surface area contributed by atoms with Gasteiger partial charge in [-0.2, -0.15) is 0 Å². The Morgan fingerprint density at radius 1 is 1.33 bits per heavy atom. The van der Waals surface area contributed by atoms with Crippen LogP contribution in [0.4, 0.5) is 0 Å². The molecule has 3 heteroatoms. The summed E-state index contributed by atoms with van der Waals surface area (Å²) in [5, 5.41) is 3.40. The first kappa shape index (κ1) is 15.4. The molecule has 1 rings (SSSR count). The van der Waals surface area contributed by atoms with E-state index >= 15 is 0 Å². The number of nitrogens with one attached hydrogen (secondary N) is 1. The molecule has 0 bridgehead atoms. The fourth-order valence-electron chi connectivity index (χ4n) is 1.50. The van der Waals surface area contributed by atoms with Crippen molar-refractivity contribution < 1.29 is 4.74 Å². The standard InChI is InChI=1S/C15H25NOS/c1-5-6-10-17-11-9-16-12-13-7-8-14(18-13)15(2,3)4/h5,7-8,16H,1,6,9-12H2,2-4H3. The van der Waals surface area contributed by atoms with Gasteiger partial charge in [0.2, 0.25) is 0 Å². The topological polar surface area (TPSA) is 21.3 Å². The maximum Gasteiger partial charge on any atom is 0.0591 e. The van der Waals surface area contributed by atoms with Crippen LogP contribution in [0.2, 0.25) is 0 Å². The first-order valence-corrected chi connectivity index (χ1v) is 7.34. The number of thiophene rings is 1. The van der Waals surface area contributed by atoms with Crippen molar-refractivity contribution in [1.82, 2.24) is 5.32 Å². The Morgan fingerprint density at radius 2 is 2.11 bits per heavy atom. The van der Waals surface area contributed by atoms with Gasteiger partial charge in [0.1, 0.15) is 0 Å². The van der Waals surface area contributed by atoms with Crippen molar-refractivity contribution in [2.75, 3.05) is 19.8 Å². The Labute approximate surface area is 115 Å². The van der Waals surface area contributed by atoms with E-state index in [0.29, 0.717) is 0 Å².